The Morgan fingerprint density at radius 3 is 2.77 bits per heavy atom. The SMILES string of the molecule is CN(C)C(=O)CCN1CC[C@@H](O)C1. The molecule has 0 aromatic heterocycles. The van der Waals surface area contributed by atoms with Gasteiger partial charge in [0, 0.05) is 40.2 Å². The zero-order valence-corrected chi connectivity index (χ0v) is 8.36. The van der Waals surface area contributed by atoms with E-state index in [1.807, 2.05) is 0 Å². The Labute approximate surface area is 79.1 Å². The number of rotatable bonds is 3. The summed E-state index contributed by atoms with van der Waals surface area (Å²) in [4.78, 5) is 15.0. The molecule has 1 atom stereocenters. The number of carbonyl (C=O) groups is 1. The highest BCUT2D eigenvalue weighted by Crippen LogP contribution is 2.08. The van der Waals surface area contributed by atoms with E-state index < -0.39 is 0 Å². The summed E-state index contributed by atoms with van der Waals surface area (Å²) < 4.78 is 0. The Morgan fingerprint density at radius 1 is 1.62 bits per heavy atom. The molecular weight excluding hydrogens is 168 g/mol. The molecule has 1 aliphatic rings. The quantitative estimate of drug-likeness (QED) is 0.648. The van der Waals surface area contributed by atoms with Crippen LogP contribution in [0.1, 0.15) is 12.8 Å². The average Bonchev–Trinajstić information content (AvgIpc) is 2.47. The molecule has 76 valence electrons. The molecule has 0 aromatic carbocycles. The minimum Gasteiger partial charge on any atom is -0.392 e. The van der Waals surface area contributed by atoms with Gasteiger partial charge in [-0.3, -0.25) is 4.79 Å². The normalized spacial score (nSPS) is 23.5. The van der Waals surface area contributed by atoms with E-state index in [9.17, 15) is 9.90 Å². The predicted octanol–water partition coefficient (Wildman–Crippen LogP) is -0.469. The minimum atomic E-state index is -0.186. The van der Waals surface area contributed by atoms with Gasteiger partial charge in [0.15, 0.2) is 0 Å². The van der Waals surface area contributed by atoms with Gasteiger partial charge in [-0.15, -0.1) is 0 Å². The molecule has 1 fully saturated rings. The second-order valence-electron chi connectivity index (χ2n) is 3.78. The second kappa shape index (κ2) is 4.58. The highest BCUT2D eigenvalue weighted by atomic mass is 16.3. The Balaban J connectivity index is 2.16. The summed E-state index contributed by atoms with van der Waals surface area (Å²) in [5.41, 5.74) is 0. The van der Waals surface area contributed by atoms with Crippen molar-refractivity contribution < 1.29 is 9.90 Å². The number of β-amino-alcohol motifs (C(OH)–C–C–N with tert-alkyl or cyclic N) is 1. The third-order valence-electron chi connectivity index (χ3n) is 2.39. The van der Waals surface area contributed by atoms with Crippen molar-refractivity contribution in [1.29, 1.82) is 0 Å². The van der Waals surface area contributed by atoms with Crippen LogP contribution in [0.15, 0.2) is 0 Å². The fourth-order valence-electron chi connectivity index (χ4n) is 1.49. The third-order valence-corrected chi connectivity index (χ3v) is 2.39. The second-order valence-corrected chi connectivity index (χ2v) is 3.78. The van der Waals surface area contributed by atoms with Crippen LogP contribution in [0.25, 0.3) is 0 Å². The number of nitrogens with zero attached hydrogens (tertiary/aromatic N) is 2. The van der Waals surface area contributed by atoms with Crippen LogP contribution in [-0.2, 0) is 4.79 Å². The van der Waals surface area contributed by atoms with Gasteiger partial charge in [0.2, 0.25) is 5.91 Å². The number of carbonyl (C=O) groups excluding carboxylic acids is 1. The van der Waals surface area contributed by atoms with Crippen molar-refractivity contribution in [3.63, 3.8) is 0 Å². The summed E-state index contributed by atoms with van der Waals surface area (Å²) in [7, 11) is 3.53. The first-order valence-corrected chi connectivity index (χ1v) is 4.70. The lowest BCUT2D eigenvalue weighted by atomic mass is 10.3. The highest BCUT2D eigenvalue weighted by molar-refractivity contribution is 5.75. The summed E-state index contributed by atoms with van der Waals surface area (Å²) in [6.07, 6.45) is 1.21. The van der Waals surface area contributed by atoms with Gasteiger partial charge >= 0.3 is 0 Å². The van der Waals surface area contributed by atoms with Crippen LogP contribution in [0.5, 0.6) is 0 Å². The zero-order valence-electron chi connectivity index (χ0n) is 8.36. The van der Waals surface area contributed by atoms with Gasteiger partial charge in [-0.2, -0.15) is 0 Å². The summed E-state index contributed by atoms with van der Waals surface area (Å²) in [5, 5.41) is 9.24. The maximum Gasteiger partial charge on any atom is 0.223 e. The van der Waals surface area contributed by atoms with E-state index in [2.05, 4.69) is 4.90 Å². The fourth-order valence-corrected chi connectivity index (χ4v) is 1.49. The molecule has 1 heterocycles. The van der Waals surface area contributed by atoms with Crippen molar-refractivity contribution >= 4 is 5.91 Å². The highest BCUT2D eigenvalue weighted by Gasteiger charge is 2.20. The first-order valence-electron chi connectivity index (χ1n) is 4.70. The van der Waals surface area contributed by atoms with E-state index in [1.165, 1.54) is 0 Å². The van der Waals surface area contributed by atoms with Crippen LogP contribution >= 0.6 is 0 Å². The molecule has 1 aliphatic heterocycles. The Kier molecular flexibility index (Phi) is 3.69. The van der Waals surface area contributed by atoms with E-state index in [1.54, 1.807) is 19.0 Å². The Morgan fingerprint density at radius 2 is 2.31 bits per heavy atom. The zero-order chi connectivity index (χ0) is 9.84. The Hall–Kier alpha value is -0.610. The van der Waals surface area contributed by atoms with Crippen LogP contribution in [-0.4, -0.2) is 60.6 Å². The van der Waals surface area contributed by atoms with Crippen molar-refractivity contribution in [2.24, 2.45) is 0 Å². The molecular formula is C9H18N2O2. The van der Waals surface area contributed by atoms with E-state index in [-0.39, 0.29) is 12.0 Å². The van der Waals surface area contributed by atoms with Gasteiger partial charge in [-0.05, 0) is 6.42 Å². The summed E-state index contributed by atoms with van der Waals surface area (Å²) in [6, 6.07) is 0. The van der Waals surface area contributed by atoms with Crippen molar-refractivity contribution in [2.75, 3.05) is 33.7 Å². The third kappa shape index (κ3) is 3.32. The lowest BCUT2D eigenvalue weighted by Crippen LogP contribution is -2.29. The van der Waals surface area contributed by atoms with Crippen LogP contribution in [0, 0.1) is 0 Å². The largest absolute Gasteiger partial charge is 0.392 e. The van der Waals surface area contributed by atoms with E-state index in [0.29, 0.717) is 6.42 Å². The number of hydrogen-bond donors (Lipinski definition) is 1. The molecule has 0 aliphatic carbocycles. The summed E-state index contributed by atoms with van der Waals surface area (Å²) in [6.45, 7) is 2.41. The van der Waals surface area contributed by atoms with E-state index in [0.717, 1.165) is 26.1 Å². The molecule has 1 saturated heterocycles. The van der Waals surface area contributed by atoms with Gasteiger partial charge in [0.05, 0.1) is 6.10 Å². The lowest BCUT2D eigenvalue weighted by molar-refractivity contribution is -0.129. The number of hydrogen-bond acceptors (Lipinski definition) is 3. The Bertz CT molecular complexity index is 182. The van der Waals surface area contributed by atoms with Crippen molar-refractivity contribution in [3.05, 3.63) is 0 Å². The molecule has 0 aromatic rings. The van der Waals surface area contributed by atoms with Gasteiger partial charge in [0.1, 0.15) is 0 Å². The molecule has 13 heavy (non-hydrogen) atoms. The van der Waals surface area contributed by atoms with Crippen molar-refractivity contribution in [1.82, 2.24) is 9.80 Å². The summed E-state index contributed by atoms with van der Waals surface area (Å²) in [5.74, 6) is 0.154. The molecule has 4 heteroatoms. The van der Waals surface area contributed by atoms with Gasteiger partial charge in [-0.1, -0.05) is 0 Å². The first-order chi connectivity index (χ1) is 6.09. The number of amides is 1. The lowest BCUT2D eigenvalue weighted by Gasteiger charge is -2.16. The monoisotopic (exact) mass is 186 g/mol. The standard InChI is InChI=1S/C9H18N2O2/c1-10(2)9(13)4-6-11-5-3-8(12)7-11/h8,12H,3-7H2,1-2H3/t8-/m1/s1. The topological polar surface area (TPSA) is 43.8 Å². The molecule has 0 saturated carbocycles. The van der Waals surface area contributed by atoms with Gasteiger partial charge in [-0.25, -0.2) is 0 Å². The van der Waals surface area contributed by atoms with Crippen molar-refractivity contribution in [3.8, 4) is 0 Å². The fraction of sp³-hybridized carbons (Fsp3) is 0.889. The van der Waals surface area contributed by atoms with Crippen LogP contribution in [0.3, 0.4) is 0 Å². The molecule has 4 nitrogen and oxygen atoms in total. The molecule has 1 rings (SSSR count). The van der Waals surface area contributed by atoms with Crippen LogP contribution < -0.4 is 0 Å². The first kappa shape index (κ1) is 10.5. The minimum absolute atomic E-state index is 0.154. The van der Waals surface area contributed by atoms with Gasteiger partial charge in [0.25, 0.3) is 0 Å². The predicted molar refractivity (Wildman–Crippen MR) is 50.4 cm³/mol. The molecule has 1 N–H and O–H groups in total. The molecule has 0 radical (unpaired) electrons. The molecule has 0 unspecified atom stereocenters. The summed E-state index contributed by atoms with van der Waals surface area (Å²) >= 11 is 0. The van der Waals surface area contributed by atoms with E-state index >= 15 is 0 Å². The van der Waals surface area contributed by atoms with Crippen LogP contribution in [0.2, 0.25) is 0 Å². The number of aliphatic hydroxyl groups is 1. The number of aliphatic hydroxyl groups excluding tert-OH is 1. The van der Waals surface area contributed by atoms with Crippen LogP contribution in [0.4, 0.5) is 0 Å². The average molecular weight is 186 g/mol. The molecule has 0 spiro atoms. The van der Waals surface area contributed by atoms with E-state index in [4.69, 9.17) is 0 Å². The molecule has 0 bridgehead atoms. The maximum absolute atomic E-state index is 11.2. The maximum atomic E-state index is 11.2. The van der Waals surface area contributed by atoms with Crippen molar-refractivity contribution in [2.45, 2.75) is 18.9 Å². The molecule has 1 amide bonds. The smallest absolute Gasteiger partial charge is 0.223 e. The number of likely N-dealkylation sites (tertiary alicyclic amines) is 1. The van der Waals surface area contributed by atoms with Gasteiger partial charge < -0.3 is 14.9 Å².